The van der Waals surface area contributed by atoms with Crippen molar-refractivity contribution in [2.75, 3.05) is 13.1 Å². The lowest BCUT2D eigenvalue weighted by atomic mass is 10.1. The lowest BCUT2D eigenvalue weighted by molar-refractivity contribution is -0.274. The molecule has 0 saturated heterocycles. The van der Waals surface area contributed by atoms with Gasteiger partial charge in [0.2, 0.25) is 0 Å². The van der Waals surface area contributed by atoms with Crippen LogP contribution in [0.3, 0.4) is 0 Å². The smallest absolute Gasteiger partial charge is 0.405 e. The lowest BCUT2D eigenvalue weighted by Crippen LogP contribution is -2.38. The fourth-order valence-electron chi connectivity index (χ4n) is 2.85. The maximum Gasteiger partial charge on any atom is 0.573 e. The van der Waals surface area contributed by atoms with Crippen LogP contribution in [0.1, 0.15) is 29.4 Å². The van der Waals surface area contributed by atoms with Gasteiger partial charge < -0.3 is 15.4 Å². The molecule has 0 spiro atoms. The van der Waals surface area contributed by atoms with Gasteiger partial charge in [0.1, 0.15) is 5.75 Å². The van der Waals surface area contributed by atoms with E-state index in [1.54, 1.807) is 12.1 Å². The molecule has 0 fully saturated rings. The van der Waals surface area contributed by atoms with Crippen molar-refractivity contribution < 1.29 is 17.9 Å². The summed E-state index contributed by atoms with van der Waals surface area (Å²) in [6.07, 6.45) is -3.97. The van der Waals surface area contributed by atoms with Gasteiger partial charge >= 0.3 is 6.36 Å². The van der Waals surface area contributed by atoms with E-state index >= 15 is 0 Å². The number of aryl methyl sites for hydroxylation is 2. The molecule has 0 saturated carbocycles. The molecule has 1 aromatic heterocycles. The van der Waals surface area contributed by atoms with E-state index in [4.69, 9.17) is 0 Å². The molecular formula is C19H27F3IN5O. The van der Waals surface area contributed by atoms with E-state index in [9.17, 15) is 13.2 Å². The van der Waals surface area contributed by atoms with Gasteiger partial charge in [-0.1, -0.05) is 18.2 Å². The fraction of sp³-hybridized carbons (Fsp3) is 0.474. The van der Waals surface area contributed by atoms with Crippen molar-refractivity contribution in [1.29, 1.82) is 0 Å². The number of halogens is 4. The van der Waals surface area contributed by atoms with Gasteiger partial charge in [-0.3, -0.25) is 4.68 Å². The number of nitrogens with zero attached hydrogens (tertiary/aromatic N) is 3. The van der Waals surface area contributed by atoms with Crippen LogP contribution in [0.2, 0.25) is 0 Å². The summed E-state index contributed by atoms with van der Waals surface area (Å²) in [4.78, 5) is 4.38. The molecule has 0 aliphatic carbocycles. The van der Waals surface area contributed by atoms with Crippen LogP contribution in [0, 0.1) is 13.8 Å². The minimum absolute atomic E-state index is 0. The van der Waals surface area contributed by atoms with Crippen LogP contribution >= 0.6 is 24.0 Å². The molecule has 0 aliphatic rings. The second-order valence-electron chi connectivity index (χ2n) is 6.30. The topological polar surface area (TPSA) is 63.5 Å². The number of rotatable bonds is 7. The maximum atomic E-state index is 12.5. The summed E-state index contributed by atoms with van der Waals surface area (Å²) in [5.74, 6) is 0.291. The van der Waals surface area contributed by atoms with Gasteiger partial charge in [0.15, 0.2) is 5.96 Å². The van der Waals surface area contributed by atoms with Gasteiger partial charge in [-0.2, -0.15) is 5.10 Å². The number of guanidine groups is 1. The number of benzene rings is 1. The third-order valence-corrected chi connectivity index (χ3v) is 4.28. The lowest BCUT2D eigenvalue weighted by Gasteiger charge is -2.14. The monoisotopic (exact) mass is 525 g/mol. The first-order chi connectivity index (χ1) is 13.2. The van der Waals surface area contributed by atoms with Crippen molar-refractivity contribution in [1.82, 2.24) is 20.4 Å². The van der Waals surface area contributed by atoms with Crippen molar-refractivity contribution in [3.05, 3.63) is 46.8 Å². The molecule has 162 valence electrons. The number of para-hydroxylation sites is 1. The SMILES string of the molecule is CCNC(=NCc1ccccc1OC(F)(F)F)NCCc1c(C)nn(C)c1C.I. The molecule has 29 heavy (non-hydrogen) atoms. The number of aliphatic imine (C=N–C) groups is 1. The van der Waals surface area contributed by atoms with Crippen molar-refractivity contribution in [3.8, 4) is 5.75 Å². The summed E-state index contributed by atoms with van der Waals surface area (Å²) in [6, 6.07) is 6.00. The van der Waals surface area contributed by atoms with Crippen LogP contribution in [0.15, 0.2) is 29.3 Å². The number of aromatic nitrogens is 2. The Balaban J connectivity index is 0.00000420. The average Bonchev–Trinajstić information content (AvgIpc) is 2.85. The maximum absolute atomic E-state index is 12.5. The van der Waals surface area contributed by atoms with Gasteiger partial charge in [-0.25, -0.2) is 4.99 Å². The van der Waals surface area contributed by atoms with E-state index in [0.717, 1.165) is 17.8 Å². The third kappa shape index (κ3) is 7.75. The number of nitrogens with one attached hydrogen (secondary N) is 2. The number of hydrogen-bond acceptors (Lipinski definition) is 3. The number of alkyl halides is 3. The van der Waals surface area contributed by atoms with Crippen molar-refractivity contribution in [2.45, 2.75) is 40.1 Å². The molecule has 2 N–H and O–H groups in total. The Morgan fingerprint density at radius 2 is 1.90 bits per heavy atom. The largest absolute Gasteiger partial charge is 0.573 e. The molecule has 0 aliphatic heterocycles. The van der Waals surface area contributed by atoms with Gasteiger partial charge in [0, 0.05) is 31.4 Å². The summed E-state index contributed by atoms with van der Waals surface area (Å²) in [7, 11) is 1.91. The van der Waals surface area contributed by atoms with Gasteiger partial charge in [0.25, 0.3) is 0 Å². The molecule has 2 aromatic rings. The van der Waals surface area contributed by atoms with Crippen LogP contribution in [0.4, 0.5) is 13.2 Å². The Morgan fingerprint density at radius 3 is 2.48 bits per heavy atom. The van der Waals surface area contributed by atoms with E-state index in [1.165, 1.54) is 17.7 Å². The van der Waals surface area contributed by atoms with Crippen molar-refractivity contribution >= 4 is 29.9 Å². The zero-order chi connectivity index (χ0) is 20.7. The first kappa shape index (κ1) is 25.1. The molecule has 1 aromatic carbocycles. The molecule has 0 bridgehead atoms. The Morgan fingerprint density at radius 1 is 1.21 bits per heavy atom. The van der Waals surface area contributed by atoms with Crippen LogP contribution in [-0.2, 0) is 20.0 Å². The zero-order valence-electron chi connectivity index (χ0n) is 16.9. The highest BCUT2D eigenvalue weighted by Crippen LogP contribution is 2.26. The molecule has 0 radical (unpaired) electrons. The first-order valence-corrected chi connectivity index (χ1v) is 9.06. The quantitative estimate of drug-likeness (QED) is 0.328. The van der Waals surface area contributed by atoms with Gasteiger partial charge in [0.05, 0.1) is 12.2 Å². The molecule has 0 atom stereocenters. The normalized spacial score (nSPS) is 11.8. The van der Waals surface area contributed by atoms with Gasteiger partial charge in [-0.15, -0.1) is 37.1 Å². The second-order valence-corrected chi connectivity index (χ2v) is 6.30. The fourth-order valence-corrected chi connectivity index (χ4v) is 2.85. The molecule has 0 unspecified atom stereocenters. The summed E-state index contributed by atoms with van der Waals surface area (Å²) >= 11 is 0. The van der Waals surface area contributed by atoms with Gasteiger partial charge in [-0.05, 0) is 38.8 Å². The molecule has 0 amide bonds. The predicted octanol–water partition coefficient (Wildman–Crippen LogP) is 3.85. The predicted molar refractivity (Wildman–Crippen MR) is 118 cm³/mol. The summed E-state index contributed by atoms with van der Waals surface area (Å²) in [5.41, 5.74) is 3.63. The third-order valence-electron chi connectivity index (χ3n) is 4.28. The van der Waals surface area contributed by atoms with E-state index in [-0.39, 0.29) is 36.3 Å². The van der Waals surface area contributed by atoms with E-state index < -0.39 is 6.36 Å². The molecular weight excluding hydrogens is 498 g/mol. The molecule has 10 heteroatoms. The summed E-state index contributed by atoms with van der Waals surface area (Å²) in [5, 5.41) is 10.7. The highest BCUT2D eigenvalue weighted by Gasteiger charge is 2.31. The van der Waals surface area contributed by atoms with Crippen molar-refractivity contribution in [3.63, 3.8) is 0 Å². The minimum atomic E-state index is -4.73. The molecule has 2 rings (SSSR count). The summed E-state index contributed by atoms with van der Waals surface area (Å²) < 4.78 is 43.6. The average molecular weight is 525 g/mol. The Bertz CT molecular complexity index is 821. The standard InChI is InChI=1S/C19H26F3N5O.HI/c1-5-23-18(24-11-10-16-13(2)26-27(4)14(16)3)25-12-15-8-6-7-9-17(15)28-19(20,21)22;/h6-9H,5,10-12H2,1-4H3,(H2,23,24,25);1H. The van der Waals surface area contributed by atoms with E-state index in [1.807, 2.05) is 32.5 Å². The Kier molecular flexibility index (Phi) is 9.74. The second kappa shape index (κ2) is 11.3. The minimum Gasteiger partial charge on any atom is -0.405 e. The first-order valence-electron chi connectivity index (χ1n) is 9.06. The van der Waals surface area contributed by atoms with E-state index in [2.05, 4.69) is 25.5 Å². The van der Waals surface area contributed by atoms with Crippen LogP contribution in [0.5, 0.6) is 5.75 Å². The van der Waals surface area contributed by atoms with E-state index in [0.29, 0.717) is 24.6 Å². The highest BCUT2D eigenvalue weighted by molar-refractivity contribution is 14.0. The highest BCUT2D eigenvalue weighted by atomic mass is 127. The summed E-state index contributed by atoms with van der Waals surface area (Å²) in [6.45, 7) is 7.24. The number of hydrogen-bond donors (Lipinski definition) is 2. The number of ether oxygens (including phenoxy) is 1. The molecule has 6 nitrogen and oxygen atoms in total. The van der Waals surface area contributed by atoms with Crippen LogP contribution < -0.4 is 15.4 Å². The Labute approximate surface area is 185 Å². The van der Waals surface area contributed by atoms with Crippen LogP contribution in [-0.4, -0.2) is 35.2 Å². The molecule has 1 heterocycles. The zero-order valence-corrected chi connectivity index (χ0v) is 19.3. The Hall–Kier alpha value is -1.98. The van der Waals surface area contributed by atoms with Crippen LogP contribution in [0.25, 0.3) is 0 Å². The van der Waals surface area contributed by atoms with Crippen molar-refractivity contribution in [2.24, 2.45) is 12.0 Å².